The van der Waals surface area contributed by atoms with Gasteiger partial charge in [0.2, 0.25) is 0 Å². The second kappa shape index (κ2) is 5.15. The summed E-state index contributed by atoms with van der Waals surface area (Å²) in [5, 5.41) is 6.14. The third-order valence-electron chi connectivity index (χ3n) is 3.35. The van der Waals surface area contributed by atoms with E-state index in [9.17, 15) is 0 Å². The first-order chi connectivity index (χ1) is 9.16. The maximum atomic E-state index is 6.02. The van der Waals surface area contributed by atoms with E-state index in [1.807, 2.05) is 24.1 Å². The first-order valence-corrected chi connectivity index (χ1v) is 8.15. The fraction of sp³-hybridized carbons (Fsp3) is 0.500. The molecule has 0 aromatic carbocycles. The van der Waals surface area contributed by atoms with Crippen LogP contribution in [0.3, 0.4) is 0 Å². The Morgan fingerprint density at radius 1 is 1.53 bits per heavy atom. The molecule has 1 fully saturated rings. The van der Waals surface area contributed by atoms with Gasteiger partial charge in [-0.05, 0) is 24.9 Å². The van der Waals surface area contributed by atoms with Gasteiger partial charge in [0, 0.05) is 18.1 Å². The molecule has 0 bridgehead atoms. The number of aryl methyl sites for hydroxylation is 1. The normalized spacial score (nSPS) is 20.8. The molecular weight excluding hydrogens is 280 g/mol. The predicted octanol–water partition coefficient (Wildman–Crippen LogP) is 2.41. The summed E-state index contributed by atoms with van der Waals surface area (Å²) in [5.74, 6) is 3.47. The van der Waals surface area contributed by atoms with Gasteiger partial charge in [0.25, 0.3) is 5.89 Å². The molecule has 2 aromatic rings. The van der Waals surface area contributed by atoms with Crippen molar-refractivity contribution in [3.05, 3.63) is 16.8 Å². The summed E-state index contributed by atoms with van der Waals surface area (Å²) >= 11 is 3.48. The van der Waals surface area contributed by atoms with Crippen LogP contribution in [0.15, 0.2) is 9.90 Å². The monoisotopic (exact) mass is 296 g/mol. The van der Waals surface area contributed by atoms with Crippen LogP contribution in [0.1, 0.15) is 17.4 Å². The number of thiophene rings is 1. The van der Waals surface area contributed by atoms with Crippen molar-refractivity contribution in [2.75, 3.05) is 30.8 Å². The molecule has 1 saturated heterocycles. The summed E-state index contributed by atoms with van der Waals surface area (Å²) in [6, 6.07) is 0.235. The molecule has 0 radical (unpaired) electrons. The van der Waals surface area contributed by atoms with Gasteiger partial charge in [-0.15, -0.1) is 11.3 Å². The van der Waals surface area contributed by atoms with E-state index >= 15 is 0 Å². The van der Waals surface area contributed by atoms with Crippen LogP contribution < -0.4 is 5.73 Å². The average molecular weight is 296 g/mol. The van der Waals surface area contributed by atoms with Crippen molar-refractivity contribution in [1.82, 2.24) is 15.0 Å². The van der Waals surface area contributed by atoms with Gasteiger partial charge in [0.1, 0.15) is 4.88 Å². The minimum atomic E-state index is 0.235. The lowest BCUT2D eigenvalue weighted by atomic mass is 10.2. The van der Waals surface area contributed by atoms with Crippen LogP contribution in [-0.2, 0) is 0 Å². The number of hydrogen-bond acceptors (Lipinski definition) is 7. The van der Waals surface area contributed by atoms with Crippen molar-refractivity contribution < 1.29 is 4.52 Å². The van der Waals surface area contributed by atoms with Gasteiger partial charge < -0.3 is 10.3 Å². The molecule has 19 heavy (non-hydrogen) atoms. The Kier molecular flexibility index (Phi) is 3.51. The Labute approximate surface area is 120 Å². The third kappa shape index (κ3) is 2.37. The topological polar surface area (TPSA) is 68.2 Å². The van der Waals surface area contributed by atoms with E-state index in [0.717, 1.165) is 40.0 Å². The van der Waals surface area contributed by atoms with E-state index in [0.29, 0.717) is 5.89 Å². The SMILES string of the molecule is Cc1csc(-c2nc(C3CSCCN3C)no2)c1N. The van der Waals surface area contributed by atoms with Gasteiger partial charge in [-0.2, -0.15) is 16.7 Å². The minimum absolute atomic E-state index is 0.235. The van der Waals surface area contributed by atoms with Crippen LogP contribution >= 0.6 is 23.1 Å². The van der Waals surface area contributed by atoms with Gasteiger partial charge in [-0.25, -0.2) is 0 Å². The molecule has 0 amide bonds. The molecule has 102 valence electrons. The number of nitrogens with zero attached hydrogens (tertiary/aromatic N) is 3. The fourth-order valence-corrected chi connectivity index (χ4v) is 4.14. The highest BCUT2D eigenvalue weighted by Gasteiger charge is 2.26. The molecule has 0 spiro atoms. The van der Waals surface area contributed by atoms with Crippen LogP contribution in [0.2, 0.25) is 0 Å². The fourth-order valence-electron chi connectivity index (χ4n) is 2.04. The second-order valence-electron chi connectivity index (χ2n) is 4.69. The number of rotatable bonds is 2. The highest BCUT2D eigenvalue weighted by Crippen LogP contribution is 2.35. The zero-order chi connectivity index (χ0) is 13.4. The molecule has 3 heterocycles. The quantitative estimate of drug-likeness (QED) is 0.918. The molecule has 0 aliphatic carbocycles. The molecule has 1 unspecified atom stereocenters. The molecule has 0 saturated carbocycles. The average Bonchev–Trinajstić information content (AvgIpc) is 2.99. The largest absolute Gasteiger partial charge is 0.397 e. The maximum absolute atomic E-state index is 6.02. The Bertz CT molecular complexity index is 580. The van der Waals surface area contributed by atoms with Gasteiger partial charge in [-0.3, -0.25) is 4.90 Å². The number of thioether (sulfide) groups is 1. The summed E-state index contributed by atoms with van der Waals surface area (Å²) in [5.41, 5.74) is 7.82. The van der Waals surface area contributed by atoms with Crippen molar-refractivity contribution in [3.63, 3.8) is 0 Å². The first kappa shape index (κ1) is 13.0. The first-order valence-electron chi connectivity index (χ1n) is 6.12. The molecule has 3 rings (SSSR count). The molecule has 1 atom stereocenters. The lowest BCUT2D eigenvalue weighted by Crippen LogP contribution is -2.33. The van der Waals surface area contributed by atoms with Crippen LogP contribution in [0.4, 0.5) is 5.69 Å². The molecule has 7 heteroatoms. The third-order valence-corrected chi connectivity index (χ3v) is 5.48. The zero-order valence-electron chi connectivity index (χ0n) is 10.9. The molecule has 1 aliphatic heterocycles. The van der Waals surface area contributed by atoms with Crippen molar-refractivity contribution >= 4 is 28.8 Å². The molecule has 2 N–H and O–H groups in total. The van der Waals surface area contributed by atoms with E-state index in [-0.39, 0.29) is 6.04 Å². The lowest BCUT2D eigenvalue weighted by molar-refractivity contribution is 0.257. The van der Waals surface area contributed by atoms with Crippen molar-refractivity contribution in [3.8, 4) is 10.8 Å². The maximum Gasteiger partial charge on any atom is 0.270 e. The predicted molar refractivity (Wildman–Crippen MR) is 79.5 cm³/mol. The lowest BCUT2D eigenvalue weighted by Gasteiger charge is -2.29. The summed E-state index contributed by atoms with van der Waals surface area (Å²) in [4.78, 5) is 7.68. The molecule has 5 nitrogen and oxygen atoms in total. The minimum Gasteiger partial charge on any atom is -0.397 e. The van der Waals surface area contributed by atoms with Crippen molar-refractivity contribution in [2.24, 2.45) is 0 Å². The van der Waals surface area contributed by atoms with Crippen LogP contribution in [0.5, 0.6) is 0 Å². The Morgan fingerprint density at radius 3 is 3.05 bits per heavy atom. The van der Waals surface area contributed by atoms with Crippen molar-refractivity contribution in [1.29, 1.82) is 0 Å². The highest BCUT2D eigenvalue weighted by molar-refractivity contribution is 7.99. The molecule has 1 aliphatic rings. The van der Waals surface area contributed by atoms with Gasteiger partial charge in [-0.1, -0.05) is 5.16 Å². The smallest absolute Gasteiger partial charge is 0.270 e. The zero-order valence-corrected chi connectivity index (χ0v) is 12.6. The van der Waals surface area contributed by atoms with E-state index in [4.69, 9.17) is 10.3 Å². The Balaban J connectivity index is 1.89. The van der Waals surface area contributed by atoms with Crippen LogP contribution in [-0.4, -0.2) is 40.1 Å². The van der Waals surface area contributed by atoms with E-state index in [1.54, 1.807) is 11.3 Å². The number of aromatic nitrogens is 2. The van der Waals surface area contributed by atoms with Gasteiger partial charge >= 0.3 is 0 Å². The van der Waals surface area contributed by atoms with Crippen LogP contribution in [0.25, 0.3) is 10.8 Å². The standard InChI is InChI=1S/C12H16N4OS2/c1-7-5-19-10(9(7)13)12-14-11(15-17-12)8-6-18-4-3-16(8)2/h5,8H,3-4,6,13H2,1-2H3. The van der Waals surface area contributed by atoms with Crippen molar-refractivity contribution in [2.45, 2.75) is 13.0 Å². The van der Waals surface area contributed by atoms with E-state index in [1.165, 1.54) is 0 Å². The second-order valence-corrected chi connectivity index (χ2v) is 6.72. The summed E-state index contributed by atoms with van der Waals surface area (Å²) in [6.45, 7) is 3.04. The summed E-state index contributed by atoms with van der Waals surface area (Å²) in [6.07, 6.45) is 0. The number of nitrogens with two attached hydrogens (primary N) is 1. The Hall–Kier alpha value is -1.05. The number of nitrogen functional groups attached to an aromatic ring is 1. The van der Waals surface area contributed by atoms with Gasteiger partial charge in [0.05, 0.1) is 11.7 Å². The number of hydrogen-bond donors (Lipinski definition) is 1. The van der Waals surface area contributed by atoms with E-state index < -0.39 is 0 Å². The van der Waals surface area contributed by atoms with Crippen LogP contribution in [0, 0.1) is 6.92 Å². The molecular formula is C12H16N4OS2. The van der Waals surface area contributed by atoms with Gasteiger partial charge in [0.15, 0.2) is 5.82 Å². The van der Waals surface area contributed by atoms with E-state index in [2.05, 4.69) is 22.1 Å². The summed E-state index contributed by atoms with van der Waals surface area (Å²) < 4.78 is 5.38. The highest BCUT2D eigenvalue weighted by atomic mass is 32.2. The number of anilines is 1. The molecule has 2 aromatic heterocycles. The Morgan fingerprint density at radius 2 is 2.37 bits per heavy atom. The summed E-state index contributed by atoms with van der Waals surface area (Å²) in [7, 11) is 2.10.